The monoisotopic (exact) mass is 605 g/mol. The molecule has 43 heavy (non-hydrogen) atoms. The van der Waals surface area contributed by atoms with E-state index in [0.29, 0.717) is 45.4 Å². The Morgan fingerprint density at radius 3 is 1.93 bits per heavy atom. The Hall–Kier alpha value is -3.40. The van der Waals surface area contributed by atoms with Gasteiger partial charge in [0.1, 0.15) is 5.60 Å². The molecule has 0 bridgehead atoms. The lowest BCUT2D eigenvalue weighted by Gasteiger charge is -2.31. The van der Waals surface area contributed by atoms with Crippen LogP contribution in [0.3, 0.4) is 0 Å². The summed E-state index contributed by atoms with van der Waals surface area (Å²) in [5.41, 5.74) is -1.38. The zero-order valence-corrected chi connectivity index (χ0v) is 25.4. The van der Waals surface area contributed by atoms with Crippen molar-refractivity contribution in [3.63, 3.8) is 0 Å². The van der Waals surface area contributed by atoms with E-state index in [1.807, 2.05) is 13.0 Å². The average Bonchev–Trinajstić information content (AvgIpc) is 3.20. The number of hydrogen-bond donors (Lipinski definition) is 3. The van der Waals surface area contributed by atoms with Gasteiger partial charge >= 0.3 is 6.18 Å². The number of morpholine rings is 1. The highest BCUT2D eigenvalue weighted by molar-refractivity contribution is 5.86. The second-order valence-electron chi connectivity index (χ2n) is 11.7. The first kappa shape index (κ1) is 35.8. The summed E-state index contributed by atoms with van der Waals surface area (Å²) in [7, 11) is 0. The van der Waals surface area contributed by atoms with Crippen LogP contribution in [-0.2, 0) is 31.7 Å². The topological polar surface area (TPSA) is 96.5 Å². The molecule has 3 aliphatic rings. The van der Waals surface area contributed by atoms with Gasteiger partial charge in [0.15, 0.2) is 0 Å². The van der Waals surface area contributed by atoms with Gasteiger partial charge in [-0.05, 0) is 63.1 Å². The molecule has 7 nitrogen and oxygen atoms in total. The van der Waals surface area contributed by atoms with Crippen LogP contribution < -0.4 is 16.0 Å². The SMILES string of the molecule is C=CC[C@]1(C)CCCCNC1=O.C=CC[C@]1(C)OCCNC1=O.C=CC[C@]1(Cc2ccc(C(F)(F)F)cc2)CCNC1=O. The van der Waals surface area contributed by atoms with Crippen molar-refractivity contribution in [3.05, 3.63) is 73.4 Å². The molecule has 3 atom stereocenters. The quantitative estimate of drug-likeness (QED) is 0.333. The minimum absolute atomic E-state index is 0.0383. The summed E-state index contributed by atoms with van der Waals surface area (Å²) < 4.78 is 42.9. The summed E-state index contributed by atoms with van der Waals surface area (Å²) in [5.74, 6) is 0.112. The van der Waals surface area contributed by atoms with Crippen LogP contribution >= 0.6 is 0 Å². The fourth-order valence-corrected chi connectivity index (χ4v) is 5.43. The number of nitrogens with one attached hydrogen (secondary N) is 3. The van der Waals surface area contributed by atoms with Crippen LogP contribution in [0.5, 0.6) is 0 Å². The molecule has 0 unspecified atom stereocenters. The molecule has 0 radical (unpaired) electrons. The maximum Gasteiger partial charge on any atom is 0.416 e. The summed E-state index contributed by atoms with van der Waals surface area (Å²) in [6.45, 7) is 17.4. The van der Waals surface area contributed by atoms with Crippen LogP contribution in [-0.4, -0.2) is 49.6 Å². The highest BCUT2D eigenvalue weighted by atomic mass is 19.4. The zero-order chi connectivity index (χ0) is 32.2. The largest absolute Gasteiger partial charge is 0.416 e. The number of allylic oxidation sites excluding steroid dienone is 2. The van der Waals surface area contributed by atoms with Gasteiger partial charge in [0.05, 0.1) is 17.6 Å². The van der Waals surface area contributed by atoms with Crippen LogP contribution in [0.15, 0.2) is 62.2 Å². The molecule has 1 aromatic rings. The summed E-state index contributed by atoms with van der Waals surface area (Å²) >= 11 is 0. The van der Waals surface area contributed by atoms with Gasteiger partial charge < -0.3 is 20.7 Å². The first-order valence-corrected chi connectivity index (χ1v) is 14.7. The zero-order valence-electron chi connectivity index (χ0n) is 25.4. The van der Waals surface area contributed by atoms with Crippen molar-refractivity contribution in [2.45, 2.75) is 77.0 Å². The van der Waals surface area contributed by atoms with Gasteiger partial charge in [-0.1, -0.05) is 43.7 Å². The lowest BCUT2D eigenvalue weighted by atomic mass is 9.77. The second kappa shape index (κ2) is 15.9. The summed E-state index contributed by atoms with van der Waals surface area (Å²) in [6.07, 6.45) is 7.14. The molecule has 3 saturated heterocycles. The van der Waals surface area contributed by atoms with Gasteiger partial charge in [-0.25, -0.2) is 0 Å². The second-order valence-corrected chi connectivity index (χ2v) is 11.7. The highest BCUT2D eigenvalue weighted by Gasteiger charge is 2.41. The Labute approximate surface area is 253 Å². The number of halogens is 3. The third-order valence-corrected chi connectivity index (χ3v) is 8.14. The van der Waals surface area contributed by atoms with Crippen molar-refractivity contribution in [1.29, 1.82) is 0 Å². The molecule has 3 aliphatic heterocycles. The van der Waals surface area contributed by atoms with Crippen LogP contribution in [0.1, 0.15) is 69.9 Å². The molecule has 3 N–H and O–H groups in total. The number of ether oxygens (including phenoxy) is 1. The Bertz CT molecular complexity index is 1140. The van der Waals surface area contributed by atoms with E-state index >= 15 is 0 Å². The van der Waals surface area contributed by atoms with Gasteiger partial charge in [0.25, 0.3) is 5.91 Å². The fourth-order valence-electron chi connectivity index (χ4n) is 5.43. The molecule has 238 valence electrons. The van der Waals surface area contributed by atoms with E-state index in [-0.39, 0.29) is 23.1 Å². The van der Waals surface area contributed by atoms with Gasteiger partial charge in [0.2, 0.25) is 11.8 Å². The number of carbonyl (C=O) groups excluding carboxylic acids is 3. The van der Waals surface area contributed by atoms with Crippen LogP contribution in [0.4, 0.5) is 13.2 Å². The molecule has 1 aromatic carbocycles. The molecular formula is C33H46F3N3O4. The molecule has 0 saturated carbocycles. The summed E-state index contributed by atoms with van der Waals surface area (Å²) in [5, 5.41) is 8.46. The summed E-state index contributed by atoms with van der Waals surface area (Å²) in [6, 6.07) is 5.01. The smallest absolute Gasteiger partial charge is 0.363 e. The molecular weight excluding hydrogens is 559 g/mol. The van der Waals surface area contributed by atoms with E-state index in [9.17, 15) is 27.6 Å². The molecule has 4 rings (SSSR count). The lowest BCUT2D eigenvalue weighted by molar-refractivity contribution is -0.151. The van der Waals surface area contributed by atoms with Gasteiger partial charge in [-0.15, -0.1) is 19.7 Å². The van der Waals surface area contributed by atoms with Crippen LogP contribution in [0.25, 0.3) is 0 Å². The number of amides is 3. The van der Waals surface area contributed by atoms with Gasteiger partial charge in [-0.2, -0.15) is 13.2 Å². The van der Waals surface area contributed by atoms with Crippen molar-refractivity contribution in [1.82, 2.24) is 16.0 Å². The van der Waals surface area contributed by atoms with Gasteiger partial charge in [0, 0.05) is 31.5 Å². The van der Waals surface area contributed by atoms with Crippen molar-refractivity contribution in [2.24, 2.45) is 10.8 Å². The van der Waals surface area contributed by atoms with Crippen LogP contribution in [0.2, 0.25) is 0 Å². The molecule has 10 heteroatoms. The van der Waals surface area contributed by atoms with Crippen molar-refractivity contribution < 1.29 is 32.3 Å². The van der Waals surface area contributed by atoms with Crippen molar-refractivity contribution in [2.75, 3.05) is 26.2 Å². The van der Waals surface area contributed by atoms with E-state index in [0.717, 1.165) is 49.9 Å². The molecule has 3 amide bonds. The van der Waals surface area contributed by atoms with E-state index in [2.05, 4.69) is 35.7 Å². The highest BCUT2D eigenvalue weighted by Crippen LogP contribution is 2.36. The van der Waals surface area contributed by atoms with E-state index in [4.69, 9.17) is 4.74 Å². The minimum atomic E-state index is -4.33. The Kier molecular flexibility index (Phi) is 13.2. The number of hydrogen-bond acceptors (Lipinski definition) is 4. The third kappa shape index (κ3) is 10.1. The van der Waals surface area contributed by atoms with Crippen molar-refractivity contribution in [3.8, 4) is 0 Å². The van der Waals surface area contributed by atoms with Crippen LogP contribution in [0, 0.1) is 10.8 Å². The molecule has 0 aliphatic carbocycles. The fraction of sp³-hybridized carbons (Fsp3) is 0.545. The van der Waals surface area contributed by atoms with Gasteiger partial charge in [-0.3, -0.25) is 14.4 Å². The predicted molar refractivity (Wildman–Crippen MR) is 162 cm³/mol. The maximum absolute atomic E-state index is 12.5. The Morgan fingerprint density at radius 1 is 0.791 bits per heavy atom. The lowest BCUT2D eigenvalue weighted by Crippen LogP contribution is -2.52. The Balaban J connectivity index is 0.000000241. The van der Waals surface area contributed by atoms with E-state index in [1.54, 1.807) is 19.1 Å². The molecule has 0 aromatic heterocycles. The first-order valence-electron chi connectivity index (χ1n) is 14.7. The number of rotatable bonds is 8. The Morgan fingerprint density at radius 2 is 1.40 bits per heavy atom. The maximum atomic E-state index is 12.5. The first-order chi connectivity index (χ1) is 20.2. The molecule has 3 fully saturated rings. The van der Waals surface area contributed by atoms with E-state index in [1.165, 1.54) is 12.1 Å². The standard InChI is InChI=1S/C15H16F3NO.C10H17NO.C8H13NO2/c1-2-7-14(8-9-19-13(14)20)10-11-3-5-12(6-4-11)15(16,17)18;1-3-6-10(2)7-4-5-8-11-9(10)12;1-3-4-8(2)7(10)9-5-6-11-8/h2-6H,1,7-10H2,(H,19,20);3H,1,4-8H2,2H3,(H,11,12);3H,1,4-6H2,2H3,(H,9,10)/t14-;10-;8-/m110/s1. The third-order valence-electron chi connectivity index (χ3n) is 8.14. The predicted octanol–water partition coefficient (Wildman–Crippen LogP) is 5.67. The van der Waals surface area contributed by atoms with Crippen molar-refractivity contribution >= 4 is 17.7 Å². The van der Waals surface area contributed by atoms with E-state index < -0.39 is 22.8 Å². The number of benzene rings is 1. The summed E-state index contributed by atoms with van der Waals surface area (Å²) in [4.78, 5) is 34.8. The minimum Gasteiger partial charge on any atom is -0.363 e. The molecule has 3 heterocycles. The normalized spacial score (nSPS) is 27.0. The number of carbonyl (C=O) groups is 3. The average molecular weight is 606 g/mol. The number of alkyl halides is 3. The molecule has 0 spiro atoms.